The lowest BCUT2D eigenvalue weighted by Crippen LogP contribution is -2.15. The molecule has 0 amide bonds. The van der Waals surface area contributed by atoms with Crippen molar-refractivity contribution in [2.75, 3.05) is 0 Å². The van der Waals surface area contributed by atoms with E-state index >= 15 is 0 Å². The number of ether oxygens (including phenoxy) is 1. The summed E-state index contributed by atoms with van der Waals surface area (Å²) in [7, 11) is 0. The first-order valence-corrected chi connectivity index (χ1v) is 10.7. The van der Waals surface area contributed by atoms with Crippen LogP contribution in [0.2, 0.25) is 0 Å². The van der Waals surface area contributed by atoms with E-state index in [1.807, 2.05) is 43.6 Å². The van der Waals surface area contributed by atoms with E-state index < -0.39 is 0 Å². The summed E-state index contributed by atoms with van der Waals surface area (Å²) in [6, 6.07) is 8.12. The molecule has 1 aromatic carbocycles. The minimum atomic E-state index is -0.109. The van der Waals surface area contributed by atoms with Gasteiger partial charge in [-0.25, -0.2) is 9.97 Å². The van der Waals surface area contributed by atoms with Crippen LogP contribution < -0.4 is 0 Å². The standard InChI is InChI=1S/C24H34N2O2/c1-4-6-7-8-10-19(3)28-23(27)16-13-20-11-14-22(15-12-20)24-25-17-21(9-5-2)18-26-24/h11-12,14-15,17-19H,4-10,13,16H2,1-3H3/t19-/m1/s1. The fourth-order valence-corrected chi connectivity index (χ4v) is 3.19. The van der Waals surface area contributed by atoms with Crippen LogP contribution >= 0.6 is 0 Å². The van der Waals surface area contributed by atoms with E-state index in [0.29, 0.717) is 12.8 Å². The number of rotatable bonds is 12. The van der Waals surface area contributed by atoms with Gasteiger partial charge in [0.1, 0.15) is 0 Å². The summed E-state index contributed by atoms with van der Waals surface area (Å²) in [5.74, 6) is 0.629. The Hall–Kier alpha value is -2.23. The maximum absolute atomic E-state index is 12.0. The zero-order valence-corrected chi connectivity index (χ0v) is 17.6. The Morgan fingerprint density at radius 2 is 1.64 bits per heavy atom. The first-order valence-electron chi connectivity index (χ1n) is 10.7. The van der Waals surface area contributed by atoms with Crippen molar-refractivity contribution in [3.05, 3.63) is 47.8 Å². The summed E-state index contributed by atoms with van der Waals surface area (Å²) in [5, 5.41) is 0. The molecular weight excluding hydrogens is 348 g/mol. The highest BCUT2D eigenvalue weighted by atomic mass is 16.5. The molecule has 0 unspecified atom stereocenters. The quantitative estimate of drug-likeness (QED) is 0.337. The third-order valence-corrected chi connectivity index (χ3v) is 4.87. The predicted molar refractivity (Wildman–Crippen MR) is 114 cm³/mol. The van der Waals surface area contributed by atoms with Gasteiger partial charge in [-0.1, -0.05) is 63.8 Å². The molecule has 1 heterocycles. The maximum Gasteiger partial charge on any atom is 0.306 e. The first-order chi connectivity index (χ1) is 13.6. The van der Waals surface area contributed by atoms with E-state index in [1.165, 1.54) is 24.8 Å². The molecule has 0 bridgehead atoms. The van der Waals surface area contributed by atoms with Gasteiger partial charge in [-0.3, -0.25) is 4.79 Å². The van der Waals surface area contributed by atoms with Gasteiger partial charge in [0, 0.05) is 24.4 Å². The Kier molecular flexibility index (Phi) is 9.67. The number of hydrogen-bond acceptors (Lipinski definition) is 4. The van der Waals surface area contributed by atoms with E-state index in [4.69, 9.17) is 4.74 Å². The van der Waals surface area contributed by atoms with Gasteiger partial charge in [-0.05, 0) is 43.7 Å². The van der Waals surface area contributed by atoms with Crippen molar-refractivity contribution in [2.45, 2.75) is 84.7 Å². The molecule has 28 heavy (non-hydrogen) atoms. The molecule has 1 aromatic heterocycles. The van der Waals surface area contributed by atoms with Crippen LogP contribution in [0, 0.1) is 0 Å². The van der Waals surface area contributed by atoms with E-state index in [9.17, 15) is 4.79 Å². The number of carbonyl (C=O) groups excluding carboxylic acids is 1. The number of esters is 1. The second-order valence-corrected chi connectivity index (χ2v) is 7.51. The minimum Gasteiger partial charge on any atom is -0.463 e. The minimum absolute atomic E-state index is 0.0135. The van der Waals surface area contributed by atoms with Gasteiger partial charge >= 0.3 is 5.97 Å². The summed E-state index contributed by atoms with van der Waals surface area (Å²) >= 11 is 0. The van der Waals surface area contributed by atoms with Crippen LogP contribution in [-0.2, 0) is 22.4 Å². The van der Waals surface area contributed by atoms with Crippen molar-refractivity contribution in [3.63, 3.8) is 0 Å². The van der Waals surface area contributed by atoms with Crippen LogP contribution in [0.15, 0.2) is 36.7 Å². The fraction of sp³-hybridized carbons (Fsp3) is 0.542. The van der Waals surface area contributed by atoms with Gasteiger partial charge in [0.25, 0.3) is 0 Å². The SMILES string of the molecule is CCCCCC[C@@H](C)OC(=O)CCc1ccc(-c2ncc(CCC)cn2)cc1. The van der Waals surface area contributed by atoms with Crippen molar-refractivity contribution in [3.8, 4) is 11.4 Å². The number of nitrogens with zero attached hydrogens (tertiary/aromatic N) is 2. The molecule has 4 heteroatoms. The molecule has 0 aliphatic heterocycles. The Bertz CT molecular complexity index is 696. The molecule has 2 aromatic rings. The smallest absolute Gasteiger partial charge is 0.306 e. The van der Waals surface area contributed by atoms with Crippen LogP contribution in [0.5, 0.6) is 0 Å². The van der Waals surface area contributed by atoms with Crippen LogP contribution in [0.25, 0.3) is 11.4 Å². The van der Waals surface area contributed by atoms with Gasteiger partial charge in [0.05, 0.1) is 6.10 Å². The summed E-state index contributed by atoms with van der Waals surface area (Å²) in [6.45, 7) is 6.34. The third kappa shape index (κ3) is 7.79. The van der Waals surface area contributed by atoms with Crippen molar-refractivity contribution >= 4 is 5.97 Å². The van der Waals surface area contributed by atoms with Gasteiger partial charge in [-0.2, -0.15) is 0 Å². The van der Waals surface area contributed by atoms with Crippen molar-refractivity contribution < 1.29 is 9.53 Å². The summed E-state index contributed by atoms with van der Waals surface area (Å²) in [6.07, 6.45) is 12.8. The summed E-state index contributed by atoms with van der Waals surface area (Å²) < 4.78 is 5.52. The molecule has 4 nitrogen and oxygen atoms in total. The highest BCUT2D eigenvalue weighted by Crippen LogP contribution is 2.17. The highest BCUT2D eigenvalue weighted by molar-refractivity contribution is 5.70. The van der Waals surface area contributed by atoms with E-state index in [-0.39, 0.29) is 12.1 Å². The third-order valence-electron chi connectivity index (χ3n) is 4.87. The molecule has 0 spiro atoms. The molecule has 0 N–H and O–H groups in total. The lowest BCUT2D eigenvalue weighted by molar-refractivity contribution is -0.148. The number of benzene rings is 1. The molecule has 152 valence electrons. The Labute approximate surface area is 169 Å². The number of aryl methyl sites for hydroxylation is 2. The fourth-order valence-electron chi connectivity index (χ4n) is 3.19. The van der Waals surface area contributed by atoms with Crippen LogP contribution in [-0.4, -0.2) is 22.0 Å². The van der Waals surface area contributed by atoms with Gasteiger partial charge < -0.3 is 4.74 Å². The van der Waals surface area contributed by atoms with E-state index in [0.717, 1.165) is 42.6 Å². The lowest BCUT2D eigenvalue weighted by Gasteiger charge is -2.13. The Balaban J connectivity index is 1.76. The van der Waals surface area contributed by atoms with Crippen molar-refractivity contribution in [2.24, 2.45) is 0 Å². The van der Waals surface area contributed by atoms with Crippen LogP contribution in [0.1, 0.15) is 76.8 Å². The summed E-state index contributed by atoms with van der Waals surface area (Å²) in [5.41, 5.74) is 3.29. The van der Waals surface area contributed by atoms with Gasteiger partial charge in [-0.15, -0.1) is 0 Å². The highest BCUT2D eigenvalue weighted by Gasteiger charge is 2.10. The van der Waals surface area contributed by atoms with Crippen LogP contribution in [0.3, 0.4) is 0 Å². The monoisotopic (exact) mass is 382 g/mol. The van der Waals surface area contributed by atoms with E-state index in [1.54, 1.807) is 0 Å². The zero-order chi connectivity index (χ0) is 20.2. The number of hydrogen-bond donors (Lipinski definition) is 0. The predicted octanol–water partition coefficient (Wildman–Crippen LogP) is 5.93. The van der Waals surface area contributed by atoms with Crippen LogP contribution in [0.4, 0.5) is 0 Å². The topological polar surface area (TPSA) is 52.1 Å². The molecule has 0 fully saturated rings. The first kappa shape index (κ1) is 22.1. The Morgan fingerprint density at radius 1 is 0.929 bits per heavy atom. The maximum atomic E-state index is 12.0. The average molecular weight is 383 g/mol. The second-order valence-electron chi connectivity index (χ2n) is 7.51. The van der Waals surface area contributed by atoms with E-state index in [2.05, 4.69) is 23.8 Å². The van der Waals surface area contributed by atoms with Crippen molar-refractivity contribution in [1.29, 1.82) is 0 Å². The number of unbranched alkanes of at least 4 members (excludes halogenated alkanes) is 3. The number of carbonyl (C=O) groups is 1. The number of aromatic nitrogens is 2. The zero-order valence-electron chi connectivity index (χ0n) is 17.6. The second kappa shape index (κ2) is 12.3. The normalized spacial score (nSPS) is 12.0. The molecule has 2 rings (SSSR count). The molecule has 0 radical (unpaired) electrons. The Morgan fingerprint density at radius 3 is 2.29 bits per heavy atom. The van der Waals surface area contributed by atoms with Gasteiger partial charge in [0.2, 0.25) is 0 Å². The average Bonchev–Trinajstić information content (AvgIpc) is 2.71. The summed E-state index contributed by atoms with van der Waals surface area (Å²) in [4.78, 5) is 21.0. The molecule has 0 aliphatic carbocycles. The largest absolute Gasteiger partial charge is 0.463 e. The molecule has 0 saturated heterocycles. The van der Waals surface area contributed by atoms with Gasteiger partial charge in [0.15, 0.2) is 5.82 Å². The molecule has 1 atom stereocenters. The molecular formula is C24H34N2O2. The molecule has 0 aliphatic rings. The van der Waals surface area contributed by atoms with Crippen molar-refractivity contribution in [1.82, 2.24) is 9.97 Å². The lowest BCUT2D eigenvalue weighted by atomic mass is 10.1. The molecule has 0 saturated carbocycles.